The van der Waals surface area contributed by atoms with Crippen LogP contribution in [0, 0.1) is 0 Å². The second-order valence-electron chi connectivity index (χ2n) is 8.93. The fourth-order valence-corrected chi connectivity index (χ4v) is 4.76. The Labute approximate surface area is 215 Å². The number of amides is 1. The van der Waals surface area contributed by atoms with Crippen LogP contribution >= 0.6 is 11.6 Å². The Bertz CT molecular complexity index is 1180. The number of aromatic nitrogens is 4. The number of ether oxygens (including phenoxy) is 2. The van der Waals surface area contributed by atoms with Gasteiger partial charge in [-0.2, -0.15) is 5.10 Å². The van der Waals surface area contributed by atoms with Gasteiger partial charge in [0.2, 0.25) is 5.95 Å². The van der Waals surface area contributed by atoms with Gasteiger partial charge in [0.15, 0.2) is 0 Å². The minimum absolute atomic E-state index is 0.0372. The molecule has 0 atom stereocenters. The molecular weight excluding hydrogens is 482 g/mol. The first-order valence-corrected chi connectivity index (χ1v) is 12.5. The van der Waals surface area contributed by atoms with E-state index in [2.05, 4.69) is 25.3 Å². The molecule has 2 aromatic heterocycles. The third kappa shape index (κ3) is 5.67. The van der Waals surface area contributed by atoms with E-state index in [1.165, 1.54) is 0 Å². The quantitative estimate of drug-likeness (QED) is 0.491. The minimum Gasteiger partial charge on any atom is -0.383 e. The third-order valence-electron chi connectivity index (χ3n) is 6.58. The summed E-state index contributed by atoms with van der Waals surface area (Å²) in [5.41, 5.74) is 3.13. The summed E-state index contributed by atoms with van der Waals surface area (Å²) in [7, 11) is 1.74. The average Bonchev–Trinajstić information content (AvgIpc) is 3.40. The topological polar surface area (TPSA) is 97.6 Å². The minimum atomic E-state index is -0.0372. The highest BCUT2D eigenvalue weighted by atomic mass is 35.5. The van der Waals surface area contributed by atoms with Crippen molar-refractivity contribution in [3.8, 4) is 11.3 Å². The Hall–Kier alpha value is -3.05. The van der Waals surface area contributed by atoms with Gasteiger partial charge in [0, 0.05) is 56.4 Å². The Morgan fingerprint density at radius 3 is 2.72 bits per heavy atom. The molecule has 0 radical (unpaired) electrons. The maximum absolute atomic E-state index is 12.1. The van der Waals surface area contributed by atoms with E-state index in [0.29, 0.717) is 35.9 Å². The molecule has 2 fully saturated rings. The number of carbonyl (C=O) groups is 1. The van der Waals surface area contributed by atoms with Crippen molar-refractivity contribution < 1.29 is 14.3 Å². The highest BCUT2D eigenvalue weighted by molar-refractivity contribution is 6.32. The first-order valence-electron chi connectivity index (χ1n) is 12.1. The Morgan fingerprint density at radius 1 is 1.17 bits per heavy atom. The highest BCUT2D eigenvalue weighted by Crippen LogP contribution is 2.30. The van der Waals surface area contributed by atoms with Crippen molar-refractivity contribution in [3.63, 3.8) is 0 Å². The maximum Gasteiger partial charge on any atom is 0.253 e. The van der Waals surface area contributed by atoms with Gasteiger partial charge in [-0.15, -0.1) is 0 Å². The molecule has 0 unspecified atom stereocenters. The number of nitrogens with zero attached hydrogens (tertiary/aromatic N) is 6. The number of hydrogen-bond acceptors (Lipinski definition) is 8. The molecule has 4 heterocycles. The number of carbonyl (C=O) groups excluding carboxylic acids is 1. The first-order chi connectivity index (χ1) is 17.6. The van der Waals surface area contributed by atoms with E-state index in [9.17, 15) is 4.79 Å². The van der Waals surface area contributed by atoms with Gasteiger partial charge < -0.3 is 24.6 Å². The molecule has 1 N–H and O–H groups in total. The summed E-state index contributed by atoms with van der Waals surface area (Å²) < 4.78 is 12.4. The molecular formula is C25H30ClN7O3. The average molecular weight is 512 g/mol. The van der Waals surface area contributed by atoms with E-state index in [0.717, 1.165) is 56.0 Å². The van der Waals surface area contributed by atoms with Gasteiger partial charge in [-0.25, -0.2) is 9.97 Å². The molecule has 2 aliphatic rings. The van der Waals surface area contributed by atoms with Crippen molar-refractivity contribution in [3.05, 3.63) is 47.9 Å². The molecule has 0 saturated carbocycles. The summed E-state index contributed by atoms with van der Waals surface area (Å²) in [5.74, 6) is 0.397. The van der Waals surface area contributed by atoms with Gasteiger partial charge in [-0.1, -0.05) is 11.6 Å². The zero-order valence-corrected chi connectivity index (χ0v) is 21.0. The van der Waals surface area contributed by atoms with Crippen LogP contribution in [0.25, 0.3) is 11.3 Å². The lowest BCUT2D eigenvalue weighted by Gasteiger charge is -2.31. The van der Waals surface area contributed by atoms with Crippen molar-refractivity contribution in [2.24, 2.45) is 0 Å². The molecule has 2 aliphatic heterocycles. The Balaban J connectivity index is 1.25. The molecule has 5 rings (SSSR count). The summed E-state index contributed by atoms with van der Waals surface area (Å²) in [6.07, 6.45) is 7.51. The molecule has 10 nitrogen and oxygen atoms in total. The monoisotopic (exact) mass is 511 g/mol. The largest absolute Gasteiger partial charge is 0.383 e. The van der Waals surface area contributed by atoms with Crippen molar-refractivity contribution in [1.82, 2.24) is 24.6 Å². The molecule has 11 heteroatoms. The highest BCUT2D eigenvalue weighted by Gasteiger charge is 2.22. The third-order valence-corrected chi connectivity index (χ3v) is 6.86. The van der Waals surface area contributed by atoms with Crippen LogP contribution < -0.4 is 10.2 Å². The fourth-order valence-electron chi connectivity index (χ4n) is 4.56. The molecule has 0 aliphatic carbocycles. The molecule has 0 spiro atoms. The van der Waals surface area contributed by atoms with Gasteiger partial charge in [-0.3, -0.25) is 9.48 Å². The van der Waals surface area contributed by atoms with Crippen molar-refractivity contribution >= 4 is 34.8 Å². The molecule has 3 aromatic rings. The van der Waals surface area contributed by atoms with E-state index in [1.807, 2.05) is 41.3 Å². The molecule has 1 aromatic carbocycles. The number of halogens is 1. The zero-order valence-electron chi connectivity index (χ0n) is 20.3. The summed E-state index contributed by atoms with van der Waals surface area (Å²) in [6, 6.07) is 7.94. The number of nitrogens with one attached hydrogen (secondary N) is 1. The lowest BCUT2D eigenvalue weighted by molar-refractivity contribution is -0.125. The van der Waals surface area contributed by atoms with E-state index < -0.39 is 0 Å². The maximum atomic E-state index is 12.1. The summed E-state index contributed by atoms with van der Waals surface area (Å²) in [4.78, 5) is 25.2. The van der Waals surface area contributed by atoms with Gasteiger partial charge >= 0.3 is 0 Å². The summed E-state index contributed by atoms with van der Waals surface area (Å²) >= 11 is 6.46. The smallest absolute Gasteiger partial charge is 0.253 e. The van der Waals surface area contributed by atoms with Crippen LogP contribution in [0.1, 0.15) is 18.9 Å². The number of likely N-dealkylation sites (tertiary alicyclic amines) is 1. The second-order valence-corrected chi connectivity index (χ2v) is 9.34. The van der Waals surface area contributed by atoms with Gasteiger partial charge in [0.05, 0.1) is 42.4 Å². The van der Waals surface area contributed by atoms with E-state index >= 15 is 0 Å². The SMILES string of the molecule is COCCN1CCC(n2cc(-c3nc(Nc4ccc(N5CCOCC5=O)cc4)ncc3Cl)cn2)CC1. The number of anilines is 3. The Morgan fingerprint density at radius 2 is 1.97 bits per heavy atom. The van der Waals surface area contributed by atoms with Crippen LogP contribution in [0.5, 0.6) is 0 Å². The lowest BCUT2D eigenvalue weighted by atomic mass is 10.1. The number of benzene rings is 1. The van der Waals surface area contributed by atoms with E-state index in [4.69, 9.17) is 21.1 Å². The number of methoxy groups -OCH3 is 1. The van der Waals surface area contributed by atoms with Crippen LogP contribution in [0.15, 0.2) is 42.9 Å². The van der Waals surface area contributed by atoms with Gasteiger partial charge in [0.25, 0.3) is 5.91 Å². The van der Waals surface area contributed by atoms with Crippen molar-refractivity contribution in [2.45, 2.75) is 18.9 Å². The normalized spacial score (nSPS) is 17.5. The predicted octanol–water partition coefficient (Wildman–Crippen LogP) is 3.38. The van der Waals surface area contributed by atoms with Crippen LogP contribution in [0.3, 0.4) is 0 Å². The van der Waals surface area contributed by atoms with Crippen molar-refractivity contribution in [2.75, 3.05) is 63.3 Å². The Kier molecular flexibility index (Phi) is 7.76. The molecule has 36 heavy (non-hydrogen) atoms. The summed E-state index contributed by atoms with van der Waals surface area (Å²) in [5, 5.41) is 8.30. The number of hydrogen-bond donors (Lipinski definition) is 1. The summed E-state index contributed by atoms with van der Waals surface area (Å²) in [6.45, 7) is 5.00. The van der Waals surface area contributed by atoms with E-state index in [1.54, 1.807) is 18.2 Å². The van der Waals surface area contributed by atoms with Gasteiger partial charge in [-0.05, 0) is 37.1 Å². The van der Waals surface area contributed by atoms with Crippen LogP contribution in [0.4, 0.5) is 17.3 Å². The molecule has 2 saturated heterocycles. The van der Waals surface area contributed by atoms with Crippen molar-refractivity contribution in [1.29, 1.82) is 0 Å². The lowest BCUT2D eigenvalue weighted by Crippen LogP contribution is -2.41. The number of morpholine rings is 1. The van der Waals surface area contributed by atoms with Crippen LogP contribution in [-0.4, -0.2) is 83.7 Å². The van der Waals surface area contributed by atoms with Crippen LogP contribution in [0.2, 0.25) is 5.02 Å². The zero-order chi connectivity index (χ0) is 24.9. The second kappa shape index (κ2) is 11.3. The number of rotatable bonds is 8. The van der Waals surface area contributed by atoms with Crippen LogP contribution in [-0.2, 0) is 14.3 Å². The molecule has 0 bridgehead atoms. The van der Waals surface area contributed by atoms with E-state index in [-0.39, 0.29) is 12.5 Å². The first kappa shape index (κ1) is 24.6. The molecule has 190 valence electrons. The number of piperidine rings is 1. The molecule has 1 amide bonds. The predicted molar refractivity (Wildman–Crippen MR) is 138 cm³/mol. The van der Waals surface area contributed by atoms with Gasteiger partial charge in [0.1, 0.15) is 6.61 Å². The fraction of sp³-hybridized carbons (Fsp3) is 0.440. The standard InChI is InChI=1S/C25H30ClN7O3/c1-35-12-10-31-8-6-21(7-9-31)33-16-18(14-28-33)24-22(26)15-27-25(30-24)29-19-2-4-20(5-3-19)32-11-13-36-17-23(32)34/h2-5,14-16,21H,6-13,17H2,1H3,(H,27,29,30).